The van der Waals surface area contributed by atoms with E-state index in [4.69, 9.17) is 39.9 Å². The maximum Gasteiger partial charge on any atom is 0.357 e. The molecule has 12 rings (SSSR count). The van der Waals surface area contributed by atoms with Crippen LogP contribution < -0.4 is 30.4 Å². The molecule has 0 saturated heterocycles. The van der Waals surface area contributed by atoms with Gasteiger partial charge in [0.25, 0.3) is 11.8 Å². The number of carbonyl (C=O) groups excluding carboxylic acids is 4. The highest BCUT2D eigenvalue weighted by molar-refractivity contribution is 5.94. The molecule has 4 aromatic heterocycles. The summed E-state index contributed by atoms with van der Waals surface area (Å²) in [7, 11) is 0. The van der Waals surface area contributed by atoms with Crippen molar-refractivity contribution < 1.29 is 100 Å². The number of fused-ring (bicyclic) bond motifs is 4. The van der Waals surface area contributed by atoms with Crippen LogP contribution in [0.5, 0.6) is 23.5 Å². The van der Waals surface area contributed by atoms with Gasteiger partial charge in [-0.25, -0.2) is 82.2 Å². The number of rotatable bonds is 14. The second kappa shape index (κ2) is 32.4. The molecule has 8 heterocycles. The number of nitrogens with zero attached hydrogens (tertiary/aromatic N) is 4. The summed E-state index contributed by atoms with van der Waals surface area (Å²) >= 11 is 0. The van der Waals surface area contributed by atoms with Gasteiger partial charge in [0.2, 0.25) is 23.5 Å². The highest BCUT2D eigenvalue weighted by Gasteiger charge is 2.32. The average Bonchev–Trinajstić information content (AvgIpc) is 0.806. The van der Waals surface area contributed by atoms with Gasteiger partial charge in [-0.1, -0.05) is 7.43 Å². The number of primary amides is 2. The van der Waals surface area contributed by atoms with Crippen molar-refractivity contribution in [2.24, 2.45) is 11.5 Å². The summed E-state index contributed by atoms with van der Waals surface area (Å²) in [5, 5.41) is 0. The Bertz CT molecular complexity index is 3980. The molecule has 8 aromatic rings. The molecule has 0 saturated carbocycles. The standard InChI is InChI=1S/2C18H16F3NO3.2C16H13F3N2O2.CH4/c2*1-2-24-18(23)16-8-14(12-5-3-10(20)7-15(12)21)13-6-4-11(9-19)25-17(13)22-16;2*17-7-9-2-4-11-12(10-3-1-8(18)5-13(10)19)6-14(15(20)22)21-16(11)23-9;/h2*3,5,7-8,11H,2,4,6,9H2,1H3;2*1,3,5-6,9H,2,4,7H2,(H2,20,22);1H4/t2*11-;2*9-;/m1010./s1. The SMILES string of the molecule is C.CCOC(=O)c1cc(-c2ccc(F)cc2F)c2c(n1)O[C@@H](CF)CC2.CCOC(=O)c1cc(-c2ccc(F)cc2F)c2c(n1)O[C@H](CF)CC2.NC(=O)c1cc(-c2ccc(F)cc2F)c2c(n1)O[C@@H](CF)CC2.NC(=O)c1cc(-c2ccc(F)cc2F)c2c(n1)O[C@H](CF)CC2. The Balaban J connectivity index is 0.000000165. The number of amides is 2. The van der Waals surface area contributed by atoms with E-state index in [2.05, 4.69) is 19.9 Å². The van der Waals surface area contributed by atoms with Crippen LogP contribution in [0.2, 0.25) is 0 Å². The quantitative estimate of drug-likeness (QED) is 0.0763. The monoisotopic (exact) mass is 1360 g/mol. The van der Waals surface area contributed by atoms with Crippen molar-refractivity contribution in [3.63, 3.8) is 0 Å². The van der Waals surface area contributed by atoms with Crippen molar-refractivity contribution in [3.05, 3.63) is 189 Å². The molecular formula is C69H62F12N6O10. The van der Waals surface area contributed by atoms with Gasteiger partial charge in [0.05, 0.1) is 13.2 Å². The number of aromatic nitrogens is 4. The largest absolute Gasteiger partial charge is 0.471 e. The summed E-state index contributed by atoms with van der Waals surface area (Å²) in [6.45, 7) is 0.816. The van der Waals surface area contributed by atoms with E-state index in [9.17, 15) is 71.9 Å². The number of hydrogen-bond acceptors (Lipinski definition) is 14. The number of hydrogen-bond donors (Lipinski definition) is 2. The highest BCUT2D eigenvalue weighted by atomic mass is 19.2. The Morgan fingerprint density at radius 3 is 0.814 bits per heavy atom. The number of esters is 2. The van der Waals surface area contributed by atoms with Gasteiger partial charge in [0, 0.05) is 68.8 Å². The van der Waals surface area contributed by atoms with E-state index in [1.807, 2.05) is 0 Å². The molecule has 0 bridgehead atoms. The van der Waals surface area contributed by atoms with Crippen molar-refractivity contribution >= 4 is 23.8 Å². The number of carbonyl (C=O) groups is 4. The topological polar surface area (TPSA) is 227 Å². The van der Waals surface area contributed by atoms with Crippen molar-refractivity contribution in [1.82, 2.24) is 19.9 Å². The summed E-state index contributed by atoms with van der Waals surface area (Å²) in [6.07, 6.45) is 0.579. The second-order valence-corrected chi connectivity index (χ2v) is 21.8. The van der Waals surface area contributed by atoms with Gasteiger partial charge in [-0.2, -0.15) is 0 Å². The summed E-state index contributed by atoms with van der Waals surface area (Å²) in [5.41, 5.74) is 14.2. The first-order valence-electron chi connectivity index (χ1n) is 29.9. The van der Waals surface area contributed by atoms with Crippen LogP contribution in [0.4, 0.5) is 52.7 Å². The van der Waals surface area contributed by atoms with Crippen molar-refractivity contribution in [3.8, 4) is 68.0 Å². The normalized spacial score (nSPS) is 16.1. The molecule has 0 spiro atoms. The van der Waals surface area contributed by atoms with Crippen LogP contribution in [0.15, 0.2) is 97.1 Å². The smallest absolute Gasteiger partial charge is 0.357 e. The zero-order chi connectivity index (χ0) is 69.1. The zero-order valence-electron chi connectivity index (χ0n) is 51.0. The molecule has 4 aliphatic heterocycles. The second-order valence-electron chi connectivity index (χ2n) is 21.8. The Morgan fingerprint density at radius 2 is 0.608 bits per heavy atom. The Kier molecular flexibility index (Phi) is 24.3. The average molecular weight is 1360 g/mol. The van der Waals surface area contributed by atoms with E-state index in [0.717, 1.165) is 48.5 Å². The molecule has 0 unspecified atom stereocenters. The number of ether oxygens (including phenoxy) is 6. The minimum absolute atomic E-state index is 0. The van der Waals surface area contributed by atoms with Crippen LogP contribution in [0.1, 0.15) is 111 Å². The third-order valence-electron chi connectivity index (χ3n) is 15.4. The summed E-state index contributed by atoms with van der Waals surface area (Å²) in [4.78, 5) is 63.1. The van der Waals surface area contributed by atoms with Gasteiger partial charge in [0.15, 0.2) is 11.4 Å². The fourth-order valence-corrected chi connectivity index (χ4v) is 10.7. The minimum atomic E-state index is -0.817. The van der Waals surface area contributed by atoms with Gasteiger partial charge >= 0.3 is 11.9 Å². The van der Waals surface area contributed by atoms with Crippen molar-refractivity contribution in [2.75, 3.05) is 39.9 Å². The van der Waals surface area contributed by atoms with Crippen LogP contribution in [-0.4, -0.2) is 108 Å². The molecule has 4 N–H and O–H groups in total. The molecule has 4 atom stereocenters. The third kappa shape index (κ3) is 17.0. The molecular weight excluding hydrogens is 1300 g/mol. The van der Waals surface area contributed by atoms with E-state index < -0.39 is 121 Å². The fraction of sp³-hybridized carbons (Fsp3) is 0.304. The summed E-state index contributed by atoms with van der Waals surface area (Å²) < 4.78 is 193. The van der Waals surface area contributed by atoms with Gasteiger partial charge in [-0.15, -0.1) is 0 Å². The van der Waals surface area contributed by atoms with Crippen LogP contribution in [-0.2, 0) is 35.2 Å². The van der Waals surface area contributed by atoms with E-state index in [-0.39, 0.29) is 89.2 Å². The molecule has 4 aromatic carbocycles. The van der Waals surface area contributed by atoms with Crippen LogP contribution in [0, 0.1) is 46.5 Å². The van der Waals surface area contributed by atoms with E-state index >= 15 is 0 Å². The molecule has 2 amide bonds. The molecule has 0 fully saturated rings. The lowest BCUT2D eigenvalue weighted by molar-refractivity contribution is 0.0507. The number of pyridine rings is 4. The molecule has 28 heteroatoms. The lowest BCUT2D eigenvalue weighted by Crippen LogP contribution is -2.27. The van der Waals surface area contributed by atoms with Crippen molar-refractivity contribution in [1.29, 1.82) is 0 Å². The van der Waals surface area contributed by atoms with Crippen LogP contribution >= 0.6 is 0 Å². The van der Waals surface area contributed by atoms with E-state index in [1.165, 1.54) is 48.5 Å². The summed E-state index contributed by atoms with van der Waals surface area (Å²) in [5.74, 6) is -8.65. The van der Waals surface area contributed by atoms with Gasteiger partial charge in [0.1, 0.15) is 109 Å². The number of halogens is 12. The minimum Gasteiger partial charge on any atom is -0.471 e. The van der Waals surface area contributed by atoms with Crippen LogP contribution in [0.3, 0.4) is 0 Å². The lowest BCUT2D eigenvalue weighted by atomic mass is 9.94. The highest BCUT2D eigenvalue weighted by Crippen LogP contribution is 2.41. The predicted molar refractivity (Wildman–Crippen MR) is 329 cm³/mol. The molecule has 512 valence electrons. The lowest BCUT2D eigenvalue weighted by Gasteiger charge is -2.25. The summed E-state index contributed by atoms with van der Waals surface area (Å²) in [6, 6.07) is 18.1. The van der Waals surface area contributed by atoms with E-state index in [0.29, 0.717) is 95.9 Å². The predicted octanol–water partition coefficient (Wildman–Crippen LogP) is 13.9. The van der Waals surface area contributed by atoms with Crippen molar-refractivity contribution in [2.45, 2.75) is 97.1 Å². The van der Waals surface area contributed by atoms with Gasteiger partial charge in [-0.3, -0.25) is 9.59 Å². The van der Waals surface area contributed by atoms with Gasteiger partial charge < -0.3 is 39.9 Å². The molecule has 4 aliphatic rings. The molecule has 16 nitrogen and oxygen atoms in total. The number of nitrogens with two attached hydrogens (primary N) is 2. The number of alkyl halides is 4. The van der Waals surface area contributed by atoms with Gasteiger partial charge in [-0.05, 0) is 160 Å². The van der Waals surface area contributed by atoms with E-state index in [1.54, 1.807) is 13.8 Å². The third-order valence-corrected chi connectivity index (χ3v) is 15.4. The molecule has 0 radical (unpaired) electrons. The Hall–Kier alpha value is -10.3. The number of benzene rings is 4. The maximum atomic E-state index is 14.3. The first-order chi connectivity index (χ1) is 46.0. The Labute approximate surface area is 547 Å². The first kappa shape index (κ1) is 72.5. The Morgan fingerprint density at radius 1 is 0.381 bits per heavy atom. The van der Waals surface area contributed by atoms with Crippen LogP contribution in [0.25, 0.3) is 44.5 Å². The maximum absolute atomic E-state index is 14.3. The molecule has 97 heavy (non-hydrogen) atoms. The fourth-order valence-electron chi connectivity index (χ4n) is 10.7. The first-order valence-corrected chi connectivity index (χ1v) is 29.9. The zero-order valence-corrected chi connectivity index (χ0v) is 51.0. The molecule has 0 aliphatic carbocycles.